The van der Waals surface area contributed by atoms with Gasteiger partial charge in [0.15, 0.2) is 0 Å². The van der Waals surface area contributed by atoms with E-state index in [1.807, 2.05) is 6.92 Å². The number of aliphatic hydroxyl groups excluding tert-OH is 1. The Morgan fingerprint density at radius 2 is 2.05 bits per heavy atom. The predicted molar refractivity (Wildman–Crippen MR) is 74.5 cm³/mol. The van der Waals surface area contributed by atoms with Crippen LogP contribution in [0.15, 0.2) is 0 Å². The van der Waals surface area contributed by atoms with E-state index in [1.54, 1.807) is 11.9 Å². The molecule has 0 spiro atoms. The quantitative estimate of drug-likeness (QED) is 0.620. The number of ether oxygens (including phenoxy) is 1. The highest BCUT2D eigenvalue weighted by Gasteiger charge is 2.58. The molecule has 3 fully saturated rings. The minimum atomic E-state index is -0.597. The van der Waals surface area contributed by atoms with Crippen LogP contribution in [0.4, 0.5) is 4.79 Å². The summed E-state index contributed by atoms with van der Waals surface area (Å²) >= 11 is 0. The molecule has 3 aliphatic heterocycles. The third kappa shape index (κ3) is 2.28. The number of hydrogen-bond donors (Lipinski definition) is 3. The molecule has 0 aromatic carbocycles. The van der Waals surface area contributed by atoms with Gasteiger partial charge < -0.3 is 25.4 Å². The fourth-order valence-corrected chi connectivity index (χ4v) is 4.07. The first-order valence-electron chi connectivity index (χ1n) is 7.64. The SMILES string of the molecule is CCNC(=O)N1C[C@H]2[C@H](O)[C@@H]3C[C@H](C(=O)NC)[C@@H](O3)[C@H]2C1. The molecule has 0 radical (unpaired) electrons. The van der Waals surface area contributed by atoms with Gasteiger partial charge in [0.2, 0.25) is 5.91 Å². The first-order valence-corrected chi connectivity index (χ1v) is 7.64. The van der Waals surface area contributed by atoms with Crippen molar-refractivity contribution in [2.75, 3.05) is 26.7 Å². The minimum Gasteiger partial charge on any atom is -0.390 e. The fourth-order valence-electron chi connectivity index (χ4n) is 4.07. The van der Waals surface area contributed by atoms with Crippen LogP contribution in [0.5, 0.6) is 0 Å². The third-order valence-corrected chi connectivity index (χ3v) is 5.07. The Balaban J connectivity index is 1.77. The highest BCUT2D eigenvalue weighted by atomic mass is 16.5. The van der Waals surface area contributed by atoms with Gasteiger partial charge in [0.05, 0.1) is 24.2 Å². The van der Waals surface area contributed by atoms with Gasteiger partial charge in [-0.15, -0.1) is 0 Å². The van der Waals surface area contributed by atoms with Crippen LogP contribution < -0.4 is 10.6 Å². The van der Waals surface area contributed by atoms with Gasteiger partial charge in [-0.3, -0.25) is 4.79 Å². The molecular weight excluding hydrogens is 274 g/mol. The van der Waals surface area contributed by atoms with Crippen molar-refractivity contribution in [2.24, 2.45) is 17.8 Å². The molecule has 3 heterocycles. The maximum atomic E-state index is 12.0. The maximum absolute atomic E-state index is 12.0. The lowest BCUT2D eigenvalue weighted by Crippen LogP contribution is -2.47. The first kappa shape index (κ1) is 14.6. The molecule has 2 bridgehead atoms. The van der Waals surface area contributed by atoms with E-state index in [9.17, 15) is 14.7 Å². The van der Waals surface area contributed by atoms with Crippen molar-refractivity contribution in [3.63, 3.8) is 0 Å². The van der Waals surface area contributed by atoms with Crippen LogP contribution in [0.1, 0.15) is 13.3 Å². The van der Waals surface area contributed by atoms with Gasteiger partial charge in [0.25, 0.3) is 0 Å². The van der Waals surface area contributed by atoms with Crippen molar-refractivity contribution in [1.29, 1.82) is 0 Å². The van der Waals surface area contributed by atoms with Crippen molar-refractivity contribution in [1.82, 2.24) is 15.5 Å². The lowest BCUT2D eigenvalue weighted by Gasteiger charge is -2.36. The van der Waals surface area contributed by atoms with Gasteiger partial charge in [-0.2, -0.15) is 0 Å². The number of nitrogens with one attached hydrogen (secondary N) is 2. The van der Waals surface area contributed by atoms with E-state index in [-0.39, 0.29) is 41.9 Å². The molecule has 7 nitrogen and oxygen atoms in total. The second kappa shape index (κ2) is 5.46. The van der Waals surface area contributed by atoms with Gasteiger partial charge >= 0.3 is 6.03 Å². The topological polar surface area (TPSA) is 90.9 Å². The smallest absolute Gasteiger partial charge is 0.317 e. The van der Waals surface area contributed by atoms with Crippen LogP contribution >= 0.6 is 0 Å². The van der Waals surface area contributed by atoms with E-state index in [0.29, 0.717) is 26.1 Å². The Morgan fingerprint density at radius 3 is 2.71 bits per heavy atom. The van der Waals surface area contributed by atoms with Crippen LogP contribution in [0.3, 0.4) is 0 Å². The van der Waals surface area contributed by atoms with Crippen LogP contribution in [0.25, 0.3) is 0 Å². The summed E-state index contributed by atoms with van der Waals surface area (Å²) in [6.07, 6.45) is -0.504. The summed E-state index contributed by atoms with van der Waals surface area (Å²) < 4.78 is 5.88. The first-order chi connectivity index (χ1) is 10.1. The number of nitrogens with zero attached hydrogens (tertiary/aromatic N) is 1. The number of rotatable bonds is 2. The molecule has 3 N–H and O–H groups in total. The Labute approximate surface area is 124 Å². The van der Waals surface area contributed by atoms with Gasteiger partial charge in [0, 0.05) is 38.5 Å². The molecule has 3 rings (SSSR count). The molecule has 0 unspecified atom stereocenters. The Bertz CT molecular complexity index is 444. The molecule has 3 amide bonds. The number of fused-ring (bicyclic) bond motifs is 4. The molecule has 0 saturated carbocycles. The summed E-state index contributed by atoms with van der Waals surface area (Å²) in [5.74, 6) is -0.222. The zero-order valence-electron chi connectivity index (χ0n) is 12.4. The molecule has 3 saturated heterocycles. The average Bonchev–Trinajstić information content (AvgIpc) is 3.08. The largest absolute Gasteiger partial charge is 0.390 e. The van der Waals surface area contributed by atoms with Gasteiger partial charge in [-0.05, 0) is 13.3 Å². The number of urea groups is 1. The summed E-state index contributed by atoms with van der Waals surface area (Å²) in [5.41, 5.74) is 0. The van der Waals surface area contributed by atoms with Gasteiger partial charge in [0.1, 0.15) is 0 Å². The Hall–Kier alpha value is -1.34. The highest BCUT2D eigenvalue weighted by Crippen LogP contribution is 2.46. The summed E-state index contributed by atoms with van der Waals surface area (Å²) in [7, 11) is 1.62. The molecule has 7 heteroatoms. The van der Waals surface area contributed by atoms with Gasteiger partial charge in [-0.25, -0.2) is 4.79 Å². The number of aliphatic hydroxyl groups is 1. The summed E-state index contributed by atoms with van der Waals surface area (Å²) in [5, 5.41) is 15.9. The average molecular weight is 297 g/mol. The molecule has 0 aromatic heterocycles. The predicted octanol–water partition coefficient (Wildman–Crippen LogP) is -0.842. The van der Waals surface area contributed by atoms with E-state index >= 15 is 0 Å². The number of carbonyl (C=O) groups excluding carboxylic acids is 2. The van der Waals surface area contributed by atoms with E-state index in [2.05, 4.69) is 10.6 Å². The second-order valence-corrected chi connectivity index (χ2v) is 6.15. The molecule has 0 aromatic rings. The molecule has 0 aliphatic carbocycles. The molecular formula is C14H23N3O4. The van der Waals surface area contributed by atoms with Crippen LogP contribution in [0, 0.1) is 17.8 Å². The Kier molecular flexibility index (Phi) is 3.79. The van der Waals surface area contributed by atoms with Crippen molar-refractivity contribution < 1.29 is 19.4 Å². The number of carbonyl (C=O) groups is 2. The van der Waals surface area contributed by atoms with Crippen molar-refractivity contribution in [2.45, 2.75) is 31.7 Å². The van der Waals surface area contributed by atoms with Crippen molar-refractivity contribution >= 4 is 11.9 Å². The van der Waals surface area contributed by atoms with Crippen molar-refractivity contribution in [3.05, 3.63) is 0 Å². The van der Waals surface area contributed by atoms with Crippen molar-refractivity contribution in [3.8, 4) is 0 Å². The standard InChI is InChI=1S/C14H23N3O4/c1-3-16-14(20)17-5-8-9(6-17)12-7(13(19)15-2)4-10(21-12)11(8)18/h7-12,18H,3-6H2,1-2H3,(H,15,19)(H,16,20)/t7-,8+,9-,10-,11-,12+/m0/s1. The summed E-state index contributed by atoms with van der Waals surface area (Å²) in [6, 6.07) is -0.105. The molecule has 118 valence electrons. The zero-order chi connectivity index (χ0) is 15.1. The van der Waals surface area contributed by atoms with E-state index in [0.717, 1.165) is 0 Å². The number of likely N-dealkylation sites (tertiary alicyclic amines) is 1. The zero-order valence-corrected chi connectivity index (χ0v) is 12.4. The van der Waals surface area contributed by atoms with E-state index in [1.165, 1.54) is 0 Å². The van der Waals surface area contributed by atoms with Gasteiger partial charge in [-0.1, -0.05) is 0 Å². The monoisotopic (exact) mass is 297 g/mol. The molecule has 6 atom stereocenters. The second-order valence-electron chi connectivity index (χ2n) is 6.15. The minimum absolute atomic E-state index is 0.00557. The maximum Gasteiger partial charge on any atom is 0.317 e. The normalized spacial score (nSPS) is 40.8. The van der Waals surface area contributed by atoms with Crippen LogP contribution in [-0.2, 0) is 9.53 Å². The summed E-state index contributed by atoms with van der Waals surface area (Å²) in [4.78, 5) is 25.7. The molecule has 21 heavy (non-hydrogen) atoms. The van der Waals surface area contributed by atoms with E-state index in [4.69, 9.17) is 4.74 Å². The third-order valence-electron chi connectivity index (χ3n) is 5.07. The summed E-state index contributed by atoms with van der Waals surface area (Å²) in [6.45, 7) is 3.53. The highest BCUT2D eigenvalue weighted by molar-refractivity contribution is 5.79. The Morgan fingerprint density at radius 1 is 1.33 bits per heavy atom. The van der Waals surface area contributed by atoms with Crippen LogP contribution in [0.2, 0.25) is 0 Å². The molecule has 3 aliphatic rings. The number of hydrogen-bond acceptors (Lipinski definition) is 4. The fraction of sp³-hybridized carbons (Fsp3) is 0.857. The van der Waals surface area contributed by atoms with Crippen LogP contribution in [-0.4, -0.2) is 66.9 Å². The lowest BCUT2D eigenvalue weighted by atomic mass is 9.83. The number of amides is 3. The lowest BCUT2D eigenvalue weighted by molar-refractivity contribution is -0.140. The van der Waals surface area contributed by atoms with E-state index < -0.39 is 6.10 Å².